The standard InChI is InChI=1S/C22H35N5O3.HI/c1-3-23-22(24-11-4-5-12-27-18(2)8-6-10-20(27)28)26-15-13-25(14-16-26)21(29)19-9-7-17-30-19;/h6,8,10,19H,3-5,7,9,11-17H2,1-2H3,(H,23,24);1H. The molecule has 2 saturated heterocycles. The van der Waals surface area contributed by atoms with Crippen LogP contribution in [0.4, 0.5) is 0 Å². The lowest BCUT2D eigenvalue weighted by atomic mass is 10.2. The van der Waals surface area contributed by atoms with Gasteiger partial charge in [-0.3, -0.25) is 14.6 Å². The molecule has 9 heteroatoms. The Labute approximate surface area is 202 Å². The molecule has 0 aliphatic carbocycles. The summed E-state index contributed by atoms with van der Waals surface area (Å²) in [6.45, 7) is 9.96. The molecule has 1 atom stereocenters. The zero-order valence-electron chi connectivity index (χ0n) is 18.7. The predicted octanol–water partition coefficient (Wildman–Crippen LogP) is 1.84. The normalized spacial score (nSPS) is 19.3. The minimum Gasteiger partial charge on any atom is -0.368 e. The summed E-state index contributed by atoms with van der Waals surface area (Å²) in [4.78, 5) is 33.4. The average molecular weight is 545 g/mol. The van der Waals surface area contributed by atoms with Gasteiger partial charge in [0.05, 0.1) is 0 Å². The molecule has 0 radical (unpaired) electrons. The first-order valence-electron chi connectivity index (χ1n) is 11.2. The molecule has 8 nitrogen and oxygen atoms in total. The van der Waals surface area contributed by atoms with Gasteiger partial charge >= 0.3 is 0 Å². The Morgan fingerprint density at radius 3 is 2.58 bits per heavy atom. The summed E-state index contributed by atoms with van der Waals surface area (Å²) in [5, 5.41) is 3.37. The van der Waals surface area contributed by atoms with Crippen LogP contribution < -0.4 is 10.9 Å². The fourth-order valence-corrected chi connectivity index (χ4v) is 4.02. The van der Waals surface area contributed by atoms with E-state index in [9.17, 15) is 9.59 Å². The molecule has 2 fully saturated rings. The summed E-state index contributed by atoms with van der Waals surface area (Å²) in [5.41, 5.74) is 1.05. The van der Waals surface area contributed by atoms with Gasteiger partial charge in [-0.05, 0) is 45.6 Å². The van der Waals surface area contributed by atoms with Crippen molar-refractivity contribution in [3.05, 3.63) is 34.2 Å². The third-order valence-electron chi connectivity index (χ3n) is 5.75. The van der Waals surface area contributed by atoms with Gasteiger partial charge in [-0.15, -0.1) is 24.0 Å². The van der Waals surface area contributed by atoms with E-state index in [4.69, 9.17) is 9.73 Å². The van der Waals surface area contributed by atoms with Gasteiger partial charge in [0.2, 0.25) is 0 Å². The summed E-state index contributed by atoms with van der Waals surface area (Å²) in [5.74, 6) is 1.05. The van der Waals surface area contributed by atoms with Crippen LogP contribution in [0, 0.1) is 6.92 Å². The van der Waals surface area contributed by atoms with E-state index in [1.165, 1.54) is 0 Å². The lowest BCUT2D eigenvalue weighted by molar-refractivity contribution is -0.142. The SMILES string of the molecule is CCNC(=NCCCCn1c(C)cccc1=O)N1CCN(C(=O)C2CCCO2)CC1.I. The molecule has 0 bridgehead atoms. The van der Waals surface area contributed by atoms with E-state index in [1.54, 1.807) is 12.1 Å². The molecule has 2 aliphatic heterocycles. The number of halogens is 1. The Kier molecular flexibility index (Phi) is 10.8. The second-order valence-corrected chi connectivity index (χ2v) is 7.91. The predicted molar refractivity (Wildman–Crippen MR) is 133 cm³/mol. The molecule has 31 heavy (non-hydrogen) atoms. The van der Waals surface area contributed by atoms with Crippen molar-refractivity contribution in [3.8, 4) is 0 Å². The minimum atomic E-state index is -0.237. The summed E-state index contributed by atoms with van der Waals surface area (Å²) in [6.07, 6.45) is 3.42. The third kappa shape index (κ3) is 7.20. The molecule has 3 heterocycles. The van der Waals surface area contributed by atoms with Crippen LogP contribution in [0.2, 0.25) is 0 Å². The second-order valence-electron chi connectivity index (χ2n) is 7.91. The fraction of sp³-hybridized carbons (Fsp3) is 0.682. The monoisotopic (exact) mass is 545 g/mol. The zero-order valence-corrected chi connectivity index (χ0v) is 21.0. The molecule has 0 spiro atoms. The van der Waals surface area contributed by atoms with Crippen LogP contribution in [0.15, 0.2) is 28.0 Å². The molecular weight excluding hydrogens is 509 g/mol. The Hall–Kier alpha value is -1.62. The molecule has 1 aromatic rings. The highest BCUT2D eigenvalue weighted by atomic mass is 127. The van der Waals surface area contributed by atoms with E-state index in [0.29, 0.717) is 19.7 Å². The summed E-state index contributed by atoms with van der Waals surface area (Å²) in [6, 6.07) is 5.37. The number of pyridine rings is 1. The number of amides is 1. The van der Waals surface area contributed by atoms with Crippen molar-refractivity contribution in [1.29, 1.82) is 0 Å². The smallest absolute Gasteiger partial charge is 0.251 e. The van der Waals surface area contributed by atoms with Crippen molar-refractivity contribution in [3.63, 3.8) is 0 Å². The Morgan fingerprint density at radius 1 is 1.19 bits per heavy atom. The van der Waals surface area contributed by atoms with Gasteiger partial charge in [0.15, 0.2) is 5.96 Å². The number of carbonyl (C=O) groups is 1. The molecule has 1 aromatic heterocycles. The van der Waals surface area contributed by atoms with Gasteiger partial charge in [-0.25, -0.2) is 0 Å². The number of aryl methyl sites for hydroxylation is 1. The maximum atomic E-state index is 12.5. The molecule has 1 unspecified atom stereocenters. The minimum absolute atomic E-state index is 0. The van der Waals surface area contributed by atoms with Gasteiger partial charge in [-0.1, -0.05) is 6.07 Å². The maximum Gasteiger partial charge on any atom is 0.251 e. The molecule has 174 valence electrons. The first kappa shape index (κ1) is 25.6. The quantitative estimate of drug-likeness (QED) is 0.245. The van der Waals surface area contributed by atoms with E-state index in [1.807, 2.05) is 22.5 Å². The summed E-state index contributed by atoms with van der Waals surface area (Å²) < 4.78 is 7.36. The summed E-state index contributed by atoms with van der Waals surface area (Å²) >= 11 is 0. The number of nitrogens with one attached hydrogen (secondary N) is 1. The van der Waals surface area contributed by atoms with Gasteiger partial charge in [0.1, 0.15) is 6.10 Å². The maximum absolute atomic E-state index is 12.5. The number of aromatic nitrogens is 1. The molecule has 1 N–H and O–H groups in total. The molecular formula is C22H36IN5O3. The molecule has 1 amide bonds. The molecule has 0 saturated carbocycles. The van der Waals surface area contributed by atoms with Gasteiger partial charge in [0.25, 0.3) is 11.5 Å². The zero-order chi connectivity index (χ0) is 21.3. The topological polar surface area (TPSA) is 79.2 Å². The van der Waals surface area contributed by atoms with Crippen molar-refractivity contribution in [2.75, 3.05) is 45.9 Å². The van der Waals surface area contributed by atoms with Crippen LogP contribution in [0.5, 0.6) is 0 Å². The molecule has 0 aromatic carbocycles. The highest BCUT2D eigenvalue weighted by Gasteiger charge is 2.30. The number of carbonyl (C=O) groups excluding carboxylic acids is 1. The fourth-order valence-electron chi connectivity index (χ4n) is 4.02. The lowest BCUT2D eigenvalue weighted by Crippen LogP contribution is -2.55. The number of rotatable bonds is 7. The van der Waals surface area contributed by atoms with E-state index >= 15 is 0 Å². The van der Waals surface area contributed by atoms with Crippen LogP contribution in [0.3, 0.4) is 0 Å². The Balaban J connectivity index is 0.00000341. The number of hydrogen-bond donors (Lipinski definition) is 1. The third-order valence-corrected chi connectivity index (χ3v) is 5.75. The largest absolute Gasteiger partial charge is 0.368 e. The van der Waals surface area contributed by atoms with Crippen LogP contribution in [-0.4, -0.2) is 78.2 Å². The van der Waals surface area contributed by atoms with Crippen LogP contribution in [0.25, 0.3) is 0 Å². The van der Waals surface area contributed by atoms with Crippen LogP contribution in [0.1, 0.15) is 38.3 Å². The Morgan fingerprint density at radius 2 is 1.94 bits per heavy atom. The van der Waals surface area contributed by atoms with Gasteiger partial charge in [0, 0.05) is 64.2 Å². The van der Waals surface area contributed by atoms with E-state index in [2.05, 4.69) is 17.1 Å². The van der Waals surface area contributed by atoms with Gasteiger partial charge in [-0.2, -0.15) is 0 Å². The van der Waals surface area contributed by atoms with Crippen molar-refractivity contribution < 1.29 is 9.53 Å². The average Bonchev–Trinajstić information content (AvgIpc) is 3.29. The number of hydrogen-bond acceptors (Lipinski definition) is 4. The highest BCUT2D eigenvalue weighted by Crippen LogP contribution is 2.16. The van der Waals surface area contributed by atoms with Crippen LogP contribution >= 0.6 is 24.0 Å². The number of ether oxygens (including phenoxy) is 1. The highest BCUT2D eigenvalue weighted by molar-refractivity contribution is 14.0. The molecule has 3 rings (SSSR count). The van der Waals surface area contributed by atoms with Crippen molar-refractivity contribution in [1.82, 2.24) is 19.7 Å². The van der Waals surface area contributed by atoms with Crippen molar-refractivity contribution >= 4 is 35.8 Å². The van der Waals surface area contributed by atoms with Gasteiger partial charge < -0.3 is 24.4 Å². The number of unbranched alkanes of at least 4 members (excludes halogenated alkanes) is 1. The molecule has 2 aliphatic rings. The van der Waals surface area contributed by atoms with E-state index in [-0.39, 0.29) is 41.5 Å². The van der Waals surface area contributed by atoms with Crippen molar-refractivity contribution in [2.45, 2.75) is 52.2 Å². The number of piperazine rings is 1. The van der Waals surface area contributed by atoms with E-state index in [0.717, 1.165) is 70.1 Å². The van der Waals surface area contributed by atoms with E-state index < -0.39 is 0 Å². The van der Waals surface area contributed by atoms with Crippen molar-refractivity contribution in [2.24, 2.45) is 4.99 Å². The Bertz CT molecular complexity index is 784. The summed E-state index contributed by atoms with van der Waals surface area (Å²) in [7, 11) is 0. The number of nitrogens with zero attached hydrogens (tertiary/aromatic N) is 4. The number of aliphatic imine (C=N–C) groups is 1. The lowest BCUT2D eigenvalue weighted by Gasteiger charge is -2.37. The number of guanidine groups is 1. The first-order valence-corrected chi connectivity index (χ1v) is 11.2. The first-order chi connectivity index (χ1) is 14.6. The second kappa shape index (κ2) is 13.0. The van der Waals surface area contributed by atoms with Crippen LogP contribution in [-0.2, 0) is 16.1 Å².